The van der Waals surface area contributed by atoms with Crippen LogP contribution >= 0.6 is 23.2 Å². The number of fused-ring (bicyclic) bond motifs is 1. The highest BCUT2D eigenvalue weighted by Crippen LogP contribution is 2.37. The number of imidazole rings is 1. The fourth-order valence-corrected chi connectivity index (χ4v) is 3.32. The number of alkyl carbamates (subject to hydrolysis) is 1. The molecule has 2 aromatic rings. The summed E-state index contributed by atoms with van der Waals surface area (Å²) in [5, 5.41) is 2.77. The number of nitrogen functional groups attached to an aromatic ring is 1. The lowest BCUT2D eigenvalue weighted by Gasteiger charge is -2.33. The lowest BCUT2D eigenvalue weighted by Crippen LogP contribution is -2.43. The van der Waals surface area contributed by atoms with Gasteiger partial charge in [-0.25, -0.2) is 14.2 Å². The number of anilines is 1. The van der Waals surface area contributed by atoms with Gasteiger partial charge in [0.05, 0.1) is 6.54 Å². The van der Waals surface area contributed by atoms with Crippen molar-refractivity contribution in [3.63, 3.8) is 0 Å². The Labute approximate surface area is 171 Å². The maximum atomic E-state index is 14.6. The first kappa shape index (κ1) is 20.4. The van der Waals surface area contributed by atoms with E-state index in [-0.39, 0.29) is 34.1 Å². The third-order valence-corrected chi connectivity index (χ3v) is 4.84. The molecule has 28 heavy (non-hydrogen) atoms. The number of nitrogens with one attached hydrogen (secondary N) is 1. The van der Waals surface area contributed by atoms with Crippen molar-refractivity contribution >= 4 is 40.8 Å². The number of carbonyl (C=O) groups excluding carboxylic acids is 1. The monoisotopic (exact) mass is 427 g/mol. The standard InChI is InChI=1S/C18H20Cl2FN5O2/c1-17(2,3)28-16(27)24-14-15-23-12(19)13(20)26(15)8-18(4,25-14)10-7-9(22)5-6-11(10)21/h5-7H,8,22H2,1-4H3,(H,24,25,27). The highest BCUT2D eigenvalue weighted by Gasteiger charge is 2.38. The fraction of sp³-hybridized carbons (Fsp3) is 0.389. The van der Waals surface area contributed by atoms with Gasteiger partial charge < -0.3 is 15.0 Å². The number of aliphatic imine (C=N–C) groups is 1. The van der Waals surface area contributed by atoms with E-state index in [2.05, 4.69) is 15.3 Å². The lowest BCUT2D eigenvalue weighted by atomic mass is 9.90. The Morgan fingerprint density at radius 2 is 2.07 bits per heavy atom. The second-order valence-corrected chi connectivity index (χ2v) is 8.42. The molecule has 0 saturated carbocycles. The highest BCUT2D eigenvalue weighted by atomic mass is 35.5. The number of aromatic nitrogens is 2. The van der Waals surface area contributed by atoms with E-state index in [1.165, 1.54) is 18.2 Å². The predicted octanol–water partition coefficient (Wildman–Crippen LogP) is 4.11. The van der Waals surface area contributed by atoms with Crippen LogP contribution in [0.2, 0.25) is 10.3 Å². The van der Waals surface area contributed by atoms with E-state index in [1.807, 2.05) is 0 Å². The van der Waals surface area contributed by atoms with Crippen molar-refractivity contribution in [2.24, 2.45) is 4.99 Å². The molecule has 2 heterocycles. The van der Waals surface area contributed by atoms with E-state index in [1.54, 1.807) is 32.3 Å². The minimum Gasteiger partial charge on any atom is -0.444 e. The zero-order chi connectivity index (χ0) is 20.9. The van der Waals surface area contributed by atoms with E-state index in [0.717, 1.165) is 0 Å². The lowest BCUT2D eigenvalue weighted by molar-refractivity contribution is 0.0562. The number of benzene rings is 1. The minimum absolute atomic E-state index is 0.0488. The Morgan fingerprint density at radius 1 is 1.39 bits per heavy atom. The van der Waals surface area contributed by atoms with Gasteiger partial charge >= 0.3 is 6.09 Å². The molecule has 0 radical (unpaired) electrons. The summed E-state index contributed by atoms with van der Waals surface area (Å²) in [6, 6.07) is 4.23. The molecule has 0 fully saturated rings. The highest BCUT2D eigenvalue weighted by molar-refractivity contribution is 6.41. The molecule has 0 aliphatic carbocycles. The van der Waals surface area contributed by atoms with Crippen molar-refractivity contribution < 1.29 is 13.9 Å². The number of halogens is 3. The van der Waals surface area contributed by atoms with E-state index in [9.17, 15) is 9.18 Å². The van der Waals surface area contributed by atoms with Crippen LogP contribution < -0.4 is 11.1 Å². The average Bonchev–Trinajstić information content (AvgIpc) is 2.83. The molecule has 7 nitrogen and oxygen atoms in total. The van der Waals surface area contributed by atoms with Crippen molar-refractivity contribution in [1.82, 2.24) is 14.9 Å². The van der Waals surface area contributed by atoms with Gasteiger partial charge in [-0.1, -0.05) is 23.2 Å². The first-order valence-electron chi connectivity index (χ1n) is 8.47. The largest absolute Gasteiger partial charge is 0.444 e. The first-order chi connectivity index (χ1) is 12.9. The summed E-state index contributed by atoms with van der Waals surface area (Å²) in [6.45, 7) is 7.05. The maximum Gasteiger partial charge on any atom is 0.413 e. The normalized spacial score (nSPS) is 19.0. The van der Waals surface area contributed by atoms with Crippen LogP contribution in [0.15, 0.2) is 23.2 Å². The SMILES string of the molecule is CC(C)(C)OC(=O)NC1=NC(C)(c2cc(N)ccc2F)Cn2c1nc(Cl)c2Cl. The molecule has 0 saturated heterocycles. The van der Waals surface area contributed by atoms with Crippen LogP contribution in [0.3, 0.4) is 0 Å². The summed E-state index contributed by atoms with van der Waals surface area (Å²) in [6.07, 6.45) is -0.731. The number of nitrogens with zero attached hydrogens (tertiary/aromatic N) is 3. The molecule has 1 atom stereocenters. The molecule has 1 aliphatic heterocycles. The van der Waals surface area contributed by atoms with E-state index < -0.39 is 23.1 Å². The zero-order valence-corrected chi connectivity index (χ0v) is 17.3. The number of amidine groups is 1. The topological polar surface area (TPSA) is 94.5 Å². The Balaban J connectivity index is 2.10. The van der Waals surface area contributed by atoms with Crippen molar-refractivity contribution in [3.05, 3.63) is 45.7 Å². The molecule has 1 aromatic carbocycles. The number of nitrogens with two attached hydrogens (primary N) is 1. The summed E-state index contributed by atoms with van der Waals surface area (Å²) < 4.78 is 21.4. The van der Waals surface area contributed by atoms with Gasteiger partial charge in [-0.3, -0.25) is 10.3 Å². The smallest absolute Gasteiger partial charge is 0.413 e. The van der Waals surface area contributed by atoms with E-state index in [0.29, 0.717) is 5.69 Å². The van der Waals surface area contributed by atoms with Crippen LogP contribution in [0, 0.1) is 5.82 Å². The van der Waals surface area contributed by atoms with Crippen LogP contribution in [-0.4, -0.2) is 27.1 Å². The van der Waals surface area contributed by atoms with Crippen LogP contribution in [0.5, 0.6) is 0 Å². The van der Waals surface area contributed by atoms with Crippen molar-refractivity contribution in [2.75, 3.05) is 5.73 Å². The maximum absolute atomic E-state index is 14.6. The van der Waals surface area contributed by atoms with Crippen LogP contribution in [0.4, 0.5) is 14.9 Å². The summed E-state index contributed by atoms with van der Waals surface area (Å²) >= 11 is 12.3. The van der Waals surface area contributed by atoms with Crippen LogP contribution in [0.25, 0.3) is 0 Å². The molecule has 3 N–H and O–H groups in total. The number of hydrogen-bond acceptors (Lipinski definition) is 5. The Hall–Kier alpha value is -2.32. The second kappa shape index (κ2) is 6.93. The molecule has 1 aliphatic rings. The molecular weight excluding hydrogens is 408 g/mol. The van der Waals surface area contributed by atoms with Gasteiger partial charge in [0.15, 0.2) is 16.8 Å². The van der Waals surface area contributed by atoms with Crippen LogP contribution in [-0.2, 0) is 16.8 Å². The molecule has 10 heteroatoms. The summed E-state index contributed by atoms with van der Waals surface area (Å²) in [7, 11) is 0. The first-order valence-corrected chi connectivity index (χ1v) is 9.22. The summed E-state index contributed by atoms with van der Waals surface area (Å²) in [4.78, 5) is 21.0. The molecule has 0 bridgehead atoms. The zero-order valence-electron chi connectivity index (χ0n) is 15.8. The molecule has 1 unspecified atom stereocenters. The van der Waals surface area contributed by atoms with Gasteiger partial charge in [0.2, 0.25) is 0 Å². The molecule has 3 rings (SSSR count). The number of ether oxygens (including phenoxy) is 1. The third kappa shape index (κ3) is 3.93. The Morgan fingerprint density at radius 3 is 2.71 bits per heavy atom. The number of rotatable bonds is 1. The number of carbonyl (C=O) groups is 1. The van der Waals surface area contributed by atoms with Gasteiger partial charge in [0.1, 0.15) is 22.1 Å². The predicted molar refractivity (Wildman–Crippen MR) is 106 cm³/mol. The molecule has 0 spiro atoms. The fourth-order valence-electron chi connectivity index (χ4n) is 2.95. The molecule has 1 amide bonds. The summed E-state index contributed by atoms with van der Waals surface area (Å²) in [5.41, 5.74) is 4.64. The van der Waals surface area contributed by atoms with E-state index >= 15 is 0 Å². The second-order valence-electron chi connectivity index (χ2n) is 7.70. The van der Waals surface area contributed by atoms with Gasteiger partial charge in [-0.2, -0.15) is 0 Å². The van der Waals surface area contributed by atoms with Gasteiger partial charge in [0.25, 0.3) is 0 Å². The molecular formula is C18H20Cl2FN5O2. The van der Waals surface area contributed by atoms with Crippen molar-refractivity contribution in [2.45, 2.75) is 45.4 Å². The minimum atomic E-state index is -1.12. The Kier molecular flexibility index (Phi) is 5.05. The number of amides is 1. The molecule has 1 aromatic heterocycles. The van der Waals surface area contributed by atoms with Crippen molar-refractivity contribution in [3.8, 4) is 0 Å². The van der Waals surface area contributed by atoms with Crippen LogP contribution in [0.1, 0.15) is 39.1 Å². The average molecular weight is 428 g/mol. The third-order valence-electron chi connectivity index (χ3n) is 4.09. The van der Waals surface area contributed by atoms with Gasteiger partial charge in [-0.05, 0) is 45.9 Å². The van der Waals surface area contributed by atoms with Crippen molar-refractivity contribution in [1.29, 1.82) is 0 Å². The Bertz CT molecular complexity index is 983. The van der Waals surface area contributed by atoms with E-state index in [4.69, 9.17) is 33.7 Å². The summed E-state index contributed by atoms with van der Waals surface area (Å²) in [5.74, 6) is -0.163. The quantitative estimate of drug-likeness (QED) is 0.669. The molecule has 150 valence electrons. The number of hydrogen-bond donors (Lipinski definition) is 2. The van der Waals surface area contributed by atoms with Gasteiger partial charge in [0, 0.05) is 11.3 Å². The van der Waals surface area contributed by atoms with Gasteiger partial charge in [-0.15, -0.1) is 0 Å².